The van der Waals surface area contributed by atoms with Crippen molar-refractivity contribution in [3.63, 3.8) is 0 Å². The van der Waals surface area contributed by atoms with Gasteiger partial charge in [-0.15, -0.1) is 0 Å². The lowest BCUT2D eigenvalue weighted by Crippen LogP contribution is -2.56. The summed E-state index contributed by atoms with van der Waals surface area (Å²) >= 11 is 5.87. The zero-order valence-electron chi connectivity index (χ0n) is 16.4. The lowest BCUT2D eigenvalue weighted by Gasteiger charge is -2.37. The third-order valence-corrected chi connectivity index (χ3v) is 5.79. The van der Waals surface area contributed by atoms with E-state index in [1.807, 2.05) is 0 Å². The average Bonchev–Trinajstić information content (AvgIpc) is 3.03. The molecule has 2 aliphatic rings. The lowest BCUT2D eigenvalue weighted by molar-refractivity contribution is -0.136. The molecule has 0 spiro atoms. The molecular weight excluding hydrogens is 406 g/mol. The number of rotatable bonds is 3. The van der Waals surface area contributed by atoms with Gasteiger partial charge in [0.15, 0.2) is 0 Å². The molecule has 0 aliphatic carbocycles. The Morgan fingerprint density at radius 3 is 1.87 bits per heavy atom. The highest BCUT2D eigenvalue weighted by molar-refractivity contribution is 6.30. The Labute approximate surface area is 178 Å². The van der Waals surface area contributed by atoms with Crippen molar-refractivity contribution in [3.8, 4) is 0 Å². The summed E-state index contributed by atoms with van der Waals surface area (Å²) < 4.78 is 0. The van der Waals surface area contributed by atoms with Crippen LogP contribution in [0, 0.1) is 0 Å². The fraction of sp³-hybridized carbons (Fsp3) is 0.273. The van der Waals surface area contributed by atoms with Crippen LogP contribution in [0.5, 0.6) is 0 Å². The summed E-state index contributed by atoms with van der Waals surface area (Å²) in [5.41, 5.74) is 1.18. The van der Waals surface area contributed by atoms with E-state index in [0.29, 0.717) is 47.9 Å². The number of hydrogen-bond donors (Lipinski definition) is 0. The van der Waals surface area contributed by atoms with Crippen molar-refractivity contribution in [2.45, 2.75) is 13.0 Å². The van der Waals surface area contributed by atoms with Gasteiger partial charge >= 0.3 is 0 Å². The van der Waals surface area contributed by atoms with Gasteiger partial charge in [0, 0.05) is 36.8 Å². The Balaban J connectivity index is 1.40. The van der Waals surface area contributed by atoms with Gasteiger partial charge in [-0.2, -0.15) is 0 Å². The SMILES string of the molecule is CC(C(=O)N1CCN(C(=O)c2ccc(Cl)cc2)CC1)N1C(=O)c2ccccc2C1=O. The molecule has 1 atom stereocenters. The van der Waals surface area contributed by atoms with Crippen molar-refractivity contribution < 1.29 is 19.2 Å². The molecule has 1 fully saturated rings. The predicted octanol–water partition coefficient (Wildman–Crippen LogP) is 2.31. The first-order valence-electron chi connectivity index (χ1n) is 9.69. The van der Waals surface area contributed by atoms with Gasteiger partial charge in [0.1, 0.15) is 6.04 Å². The normalized spacial score (nSPS) is 17.2. The molecule has 2 aromatic carbocycles. The third kappa shape index (κ3) is 3.45. The van der Waals surface area contributed by atoms with Gasteiger partial charge in [0.2, 0.25) is 5.91 Å². The summed E-state index contributed by atoms with van der Waals surface area (Å²) in [5, 5.41) is 0.559. The van der Waals surface area contributed by atoms with Crippen LogP contribution < -0.4 is 0 Å². The van der Waals surface area contributed by atoms with E-state index in [4.69, 9.17) is 11.6 Å². The zero-order valence-corrected chi connectivity index (χ0v) is 17.1. The van der Waals surface area contributed by atoms with E-state index in [9.17, 15) is 19.2 Å². The molecule has 0 bridgehead atoms. The van der Waals surface area contributed by atoms with Gasteiger partial charge in [0.25, 0.3) is 17.7 Å². The Morgan fingerprint density at radius 1 is 0.833 bits per heavy atom. The number of amides is 4. The number of hydrogen-bond acceptors (Lipinski definition) is 4. The number of benzene rings is 2. The molecule has 4 rings (SSSR count). The van der Waals surface area contributed by atoms with Crippen molar-refractivity contribution in [1.29, 1.82) is 0 Å². The summed E-state index contributed by atoms with van der Waals surface area (Å²) in [4.78, 5) is 55.2. The second-order valence-corrected chi connectivity index (χ2v) is 7.76. The fourth-order valence-electron chi connectivity index (χ4n) is 3.84. The lowest BCUT2D eigenvalue weighted by atomic mass is 10.1. The first-order chi connectivity index (χ1) is 14.4. The number of carbonyl (C=O) groups excluding carboxylic acids is 4. The van der Waals surface area contributed by atoms with Gasteiger partial charge in [-0.05, 0) is 43.3 Å². The molecule has 0 saturated carbocycles. The van der Waals surface area contributed by atoms with Crippen molar-refractivity contribution in [1.82, 2.24) is 14.7 Å². The van der Waals surface area contributed by atoms with Gasteiger partial charge in [0.05, 0.1) is 11.1 Å². The molecular formula is C22H20ClN3O4. The largest absolute Gasteiger partial charge is 0.337 e. The molecule has 4 amide bonds. The second-order valence-electron chi connectivity index (χ2n) is 7.33. The maximum Gasteiger partial charge on any atom is 0.262 e. The topological polar surface area (TPSA) is 78.0 Å². The van der Waals surface area contributed by atoms with E-state index >= 15 is 0 Å². The Bertz CT molecular complexity index is 994. The average molecular weight is 426 g/mol. The summed E-state index contributed by atoms with van der Waals surface area (Å²) in [6.07, 6.45) is 0. The molecule has 7 nitrogen and oxygen atoms in total. The van der Waals surface area contributed by atoms with Crippen molar-refractivity contribution in [2.75, 3.05) is 26.2 Å². The van der Waals surface area contributed by atoms with Crippen molar-refractivity contribution in [3.05, 3.63) is 70.2 Å². The zero-order chi connectivity index (χ0) is 21.4. The minimum absolute atomic E-state index is 0.118. The number of nitrogens with zero attached hydrogens (tertiary/aromatic N) is 3. The summed E-state index contributed by atoms with van der Waals surface area (Å²) in [6.45, 7) is 3.00. The molecule has 0 aromatic heterocycles. The number of imide groups is 1. The smallest absolute Gasteiger partial charge is 0.262 e. The molecule has 2 aromatic rings. The first kappa shape index (κ1) is 20.1. The first-order valence-corrected chi connectivity index (χ1v) is 10.1. The molecule has 154 valence electrons. The molecule has 2 aliphatic heterocycles. The molecule has 30 heavy (non-hydrogen) atoms. The van der Waals surface area contributed by atoms with Crippen LogP contribution in [0.3, 0.4) is 0 Å². The Kier molecular flexibility index (Phi) is 5.30. The summed E-state index contributed by atoms with van der Waals surface area (Å²) in [6, 6.07) is 12.3. The maximum absolute atomic E-state index is 13.0. The van der Waals surface area contributed by atoms with E-state index in [-0.39, 0.29) is 11.8 Å². The fourth-order valence-corrected chi connectivity index (χ4v) is 3.97. The number of halogens is 1. The van der Waals surface area contributed by atoms with E-state index in [2.05, 4.69) is 0 Å². The molecule has 0 radical (unpaired) electrons. The van der Waals surface area contributed by atoms with Gasteiger partial charge < -0.3 is 9.80 Å². The highest BCUT2D eigenvalue weighted by Crippen LogP contribution is 2.25. The van der Waals surface area contributed by atoms with Gasteiger partial charge in [-0.3, -0.25) is 24.1 Å². The van der Waals surface area contributed by atoms with Crippen LogP contribution in [0.2, 0.25) is 5.02 Å². The van der Waals surface area contributed by atoms with Crippen molar-refractivity contribution >= 4 is 35.2 Å². The van der Waals surface area contributed by atoms with Crippen LogP contribution in [0.1, 0.15) is 38.0 Å². The van der Waals surface area contributed by atoms with Crippen LogP contribution in [0.25, 0.3) is 0 Å². The van der Waals surface area contributed by atoms with E-state index in [1.165, 1.54) is 0 Å². The second kappa shape index (κ2) is 7.91. The molecule has 0 N–H and O–H groups in total. The highest BCUT2D eigenvalue weighted by atomic mass is 35.5. The quantitative estimate of drug-likeness (QED) is 0.707. The van der Waals surface area contributed by atoms with E-state index in [1.54, 1.807) is 65.3 Å². The summed E-state index contributed by atoms with van der Waals surface area (Å²) in [5.74, 6) is -1.32. The van der Waals surface area contributed by atoms with Crippen LogP contribution in [0.4, 0.5) is 0 Å². The minimum Gasteiger partial charge on any atom is -0.337 e. The van der Waals surface area contributed by atoms with Gasteiger partial charge in [-0.1, -0.05) is 23.7 Å². The van der Waals surface area contributed by atoms with E-state index in [0.717, 1.165) is 4.90 Å². The molecule has 8 heteroatoms. The van der Waals surface area contributed by atoms with Crippen LogP contribution in [-0.2, 0) is 4.79 Å². The summed E-state index contributed by atoms with van der Waals surface area (Å²) in [7, 11) is 0. The predicted molar refractivity (Wildman–Crippen MR) is 110 cm³/mol. The standard InChI is InChI=1S/C22H20ClN3O4/c1-14(26-21(29)17-4-2-3-5-18(17)22(26)30)19(27)24-10-12-25(13-11-24)20(28)15-6-8-16(23)9-7-15/h2-9,14H,10-13H2,1H3. The monoisotopic (exact) mass is 425 g/mol. The van der Waals surface area contributed by atoms with Crippen LogP contribution in [0.15, 0.2) is 48.5 Å². The minimum atomic E-state index is -0.907. The third-order valence-electron chi connectivity index (χ3n) is 5.54. The molecule has 2 heterocycles. The molecule has 1 saturated heterocycles. The Hall–Kier alpha value is -3.19. The van der Waals surface area contributed by atoms with Crippen LogP contribution in [-0.4, -0.2) is 70.5 Å². The van der Waals surface area contributed by atoms with Crippen LogP contribution >= 0.6 is 11.6 Å². The number of carbonyl (C=O) groups is 4. The highest BCUT2D eigenvalue weighted by Gasteiger charge is 2.42. The van der Waals surface area contributed by atoms with Crippen molar-refractivity contribution in [2.24, 2.45) is 0 Å². The van der Waals surface area contributed by atoms with Gasteiger partial charge in [-0.25, -0.2) is 0 Å². The maximum atomic E-state index is 13.0. The Morgan fingerprint density at radius 2 is 1.33 bits per heavy atom. The van der Waals surface area contributed by atoms with E-state index < -0.39 is 17.9 Å². The number of fused-ring (bicyclic) bond motifs is 1. The number of piperazine rings is 1. The molecule has 1 unspecified atom stereocenters.